The second kappa shape index (κ2) is 5.33. The molecule has 5 nitrogen and oxygen atoms in total. The summed E-state index contributed by atoms with van der Waals surface area (Å²) >= 11 is 0. The number of ketones is 1. The fourth-order valence-corrected chi connectivity index (χ4v) is 2.62. The highest BCUT2D eigenvalue weighted by molar-refractivity contribution is 5.95. The number of allylic oxidation sites excluding steroid dienone is 2. The van der Waals surface area contributed by atoms with Crippen molar-refractivity contribution in [2.24, 2.45) is 5.41 Å². The molecular formula is C17H16N2O3. The summed E-state index contributed by atoms with van der Waals surface area (Å²) in [6.07, 6.45) is 5.63. The third-order valence-electron chi connectivity index (χ3n) is 3.56. The van der Waals surface area contributed by atoms with E-state index in [1.807, 2.05) is 13.8 Å². The van der Waals surface area contributed by atoms with E-state index in [0.29, 0.717) is 35.2 Å². The van der Waals surface area contributed by atoms with Crippen molar-refractivity contribution in [1.82, 2.24) is 9.97 Å². The van der Waals surface area contributed by atoms with Gasteiger partial charge in [0.25, 0.3) is 0 Å². The van der Waals surface area contributed by atoms with Crippen molar-refractivity contribution in [3.8, 4) is 0 Å². The van der Waals surface area contributed by atoms with Crippen LogP contribution < -0.4 is 0 Å². The lowest BCUT2D eigenvalue weighted by Crippen LogP contribution is -2.23. The van der Waals surface area contributed by atoms with Gasteiger partial charge >= 0.3 is 5.97 Å². The van der Waals surface area contributed by atoms with E-state index in [0.717, 1.165) is 0 Å². The van der Waals surface area contributed by atoms with Crippen molar-refractivity contribution in [3.05, 3.63) is 48.0 Å². The van der Waals surface area contributed by atoms with E-state index >= 15 is 0 Å². The van der Waals surface area contributed by atoms with Crippen molar-refractivity contribution < 1.29 is 14.3 Å². The van der Waals surface area contributed by atoms with Crippen molar-refractivity contribution in [2.45, 2.75) is 26.7 Å². The summed E-state index contributed by atoms with van der Waals surface area (Å²) in [6, 6.07) is 5.01. The highest BCUT2D eigenvalue weighted by Gasteiger charge is 2.29. The molecule has 0 spiro atoms. The Kier molecular flexibility index (Phi) is 3.48. The van der Waals surface area contributed by atoms with Gasteiger partial charge in [0.15, 0.2) is 5.78 Å². The molecule has 0 N–H and O–H groups in total. The summed E-state index contributed by atoms with van der Waals surface area (Å²) in [7, 11) is 0. The van der Waals surface area contributed by atoms with Crippen LogP contribution in [0, 0.1) is 5.41 Å². The van der Waals surface area contributed by atoms with Crippen LogP contribution >= 0.6 is 0 Å². The number of carbonyl (C=O) groups is 2. The lowest BCUT2D eigenvalue weighted by atomic mass is 9.79. The maximum absolute atomic E-state index is 12.3. The minimum absolute atomic E-state index is 0.0107. The topological polar surface area (TPSA) is 69.2 Å². The van der Waals surface area contributed by atoms with E-state index in [4.69, 9.17) is 4.74 Å². The van der Waals surface area contributed by atoms with Gasteiger partial charge in [-0.15, -0.1) is 0 Å². The lowest BCUT2D eigenvalue weighted by Gasteiger charge is -2.27. The zero-order valence-electron chi connectivity index (χ0n) is 12.5. The summed E-state index contributed by atoms with van der Waals surface area (Å²) in [6.45, 7) is 3.97. The van der Waals surface area contributed by atoms with E-state index in [1.165, 1.54) is 6.08 Å². The van der Waals surface area contributed by atoms with E-state index in [2.05, 4.69) is 9.97 Å². The van der Waals surface area contributed by atoms with Crippen LogP contribution in [-0.2, 0) is 9.53 Å². The first kappa shape index (κ1) is 14.4. The van der Waals surface area contributed by atoms with E-state index < -0.39 is 5.97 Å². The van der Waals surface area contributed by atoms with E-state index in [9.17, 15) is 9.59 Å². The van der Waals surface area contributed by atoms with Crippen molar-refractivity contribution in [3.63, 3.8) is 0 Å². The first-order valence-electron chi connectivity index (χ1n) is 7.09. The Hall–Kier alpha value is -2.56. The fraction of sp³-hybridized carbons (Fsp3) is 0.294. The third-order valence-corrected chi connectivity index (χ3v) is 3.56. The summed E-state index contributed by atoms with van der Waals surface area (Å²) in [4.78, 5) is 32.3. The minimum Gasteiger partial charge on any atom is -0.427 e. The van der Waals surface area contributed by atoms with Crippen LogP contribution in [0.15, 0.2) is 42.4 Å². The Morgan fingerprint density at radius 3 is 2.59 bits per heavy atom. The molecule has 2 aromatic rings. The van der Waals surface area contributed by atoms with Gasteiger partial charge in [0.2, 0.25) is 0 Å². The number of ether oxygens (including phenoxy) is 1. The number of rotatable bonds is 2. The predicted molar refractivity (Wildman–Crippen MR) is 81.1 cm³/mol. The average molecular weight is 296 g/mol. The maximum Gasteiger partial charge on any atom is 0.343 e. The molecule has 0 radical (unpaired) electrons. The molecule has 1 aromatic carbocycles. The largest absolute Gasteiger partial charge is 0.427 e. The summed E-state index contributed by atoms with van der Waals surface area (Å²) in [5.74, 6) is -0.0711. The van der Waals surface area contributed by atoms with Gasteiger partial charge in [0, 0.05) is 31.3 Å². The number of carbonyl (C=O) groups excluding carboxylic acids is 2. The molecule has 0 bridgehead atoms. The Labute approximate surface area is 128 Å². The van der Waals surface area contributed by atoms with Gasteiger partial charge in [-0.3, -0.25) is 14.8 Å². The third kappa shape index (κ3) is 3.03. The van der Waals surface area contributed by atoms with E-state index in [-0.39, 0.29) is 11.2 Å². The molecule has 3 rings (SSSR count). The molecular weight excluding hydrogens is 280 g/mol. The lowest BCUT2D eigenvalue weighted by molar-refractivity contribution is -0.117. The van der Waals surface area contributed by atoms with Gasteiger partial charge in [-0.1, -0.05) is 13.8 Å². The van der Waals surface area contributed by atoms with Crippen LogP contribution in [-0.4, -0.2) is 21.7 Å². The summed E-state index contributed by atoms with van der Waals surface area (Å²) < 4.78 is 5.39. The van der Waals surface area contributed by atoms with Crippen LogP contribution in [0.4, 0.5) is 0 Å². The molecule has 0 fully saturated rings. The normalized spacial score (nSPS) is 17.2. The SMILES string of the molecule is CC1(C)CC(=O)C=C(OC(=O)c2ccc3nccnc3c2)C1. The van der Waals surface area contributed by atoms with Crippen LogP contribution in [0.5, 0.6) is 0 Å². The van der Waals surface area contributed by atoms with E-state index in [1.54, 1.807) is 30.6 Å². The number of fused-ring (bicyclic) bond motifs is 1. The summed E-state index contributed by atoms with van der Waals surface area (Å²) in [5, 5.41) is 0. The first-order chi connectivity index (χ1) is 10.4. The molecule has 0 atom stereocenters. The zero-order chi connectivity index (χ0) is 15.7. The van der Waals surface area contributed by atoms with Crippen LogP contribution in [0.3, 0.4) is 0 Å². The highest BCUT2D eigenvalue weighted by Crippen LogP contribution is 2.34. The second-order valence-corrected chi connectivity index (χ2v) is 6.24. The Morgan fingerprint density at radius 1 is 1.14 bits per heavy atom. The second-order valence-electron chi connectivity index (χ2n) is 6.24. The van der Waals surface area contributed by atoms with Crippen LogP contribution in [0.25, 0.3) is 11.0 Å². The van der Waals surface area contributed by atoms with Gasteiger partial charge < -0.3 is 4.74 Å². The number of esters is 1. The van der Waals surface area contributed by atoms with Gasteiger partial charge in [-0.25, -0.2) is 4.79 Å². The Balaban J connectivity index is 1.83. The van der Waals surface area contributed by atoms with Crippen LogP contribution in [0.2, 0.25) is 0 Å². The molecule has 0 saturated heterocycles. The number of benzene rings is 1. The smallest absolute Gasteiger partial charge is 0.343 e. The maximum atomic E-state index is 12.3. The number of nitrogens with zero attached hydrogens (tertiary/aromatic N) is 2. The molecule has 1 aliphatic carbocycles. The monoisotopic (exact) mass is 296 g/mol. The molecule has 5 heteroatoms. The average Bonchev–Trinajstić information content (AvgIpc) is 2.44. The first-order valence-corrected chi connectivity index (χ1v) is 7.09. The van der Waals surface area contributed by atoms with Crippen molar-refractivity contribution in [1.29, 1.82) is 0 Å². The molecule has 1 aliphatic rings. The molecule has 0 saturated carbocycles. The minimum atomic E-state index is -0.482. The molecule has 0 unspecified atom stereocenters. The molecule has 0 amide bonds. The molecule has 1 heterocycles. The van der Waals surface area contributed by atoms with Gasteiger partial charge in [0.1, 0.15) is 5.76 Å². The molecule has 22 heavy (non-hydrogen) atoms. The van der Waals surface area contributed by atoms with Gasteiger partial charge in [-0.05, 0) is 23.6 Å². The summed E-state index contributed by atoms with van der Waals surface area (Å²) in [5.41, 5.74) is 1.55. The number of hydrogen-bond donors (Lipinski definition) is 0. The Bertz CT molecular complexity index is 793. The fourth-order valence-electron chi connectivity index (χ4n) is 2.62. The van der Waals surface area contributed by atoms with Crippen LogP contribution in [0.1, 0.15) is 37.0 Å². The van der Waals surface area contributed by atoms with Crippen molar-refractivity contribution in [2.75, 3.05) is 0 Å². The quantitative estimate of drug-likeness (QED) is 0.797. The molecule has 0 aliphatic heterocycles. The number of aromatic nitrogens is 2. The standard InChI is InChI=1S/C17H16N2O3/c1-17(2)9-12(20)8-13(10-17)22-16(21)11-3-4-14-15(7-11)19-6-5-18-14/h3-8H,9-10H2,1-2H3. The molecule has 1 aromatic heterocycles. The number of hydrogen-bond acceptors (Lipinski definition) is 5. The zero-order valence-corrected chi connectivity index (χ0v) is 12.5. The predicted octanol–water partition coefficient (Wildman–Crippen LogP) is 3.06. The van der Waals surface area contributed by atoms with Gasteiger partial charge in [-0.2, -0.15) is 0 Å². The van der Waals surface area contributed by atoms with Crippen molar-refractivity contribution >= 4 is 22.8 Å². The molecule has 112 valence electrons. The Morgan fingerprint density at radius 2 is 1.86 bits per heavy atom. The highest BCUT2D eigenvalue weighted by atomic mass is 16.5. The van der Waals surface area contributed by atoms with Gasteiger partial charge in [0.05, 0.1) is 16.6 Å².